The van der Waals surface area contributed by atoms with Crippen molar-refractivity contribution in [3.63, 3.8) is 0 Å². The van der Waals surface area contributed by atoms with Crippen molar-refractivity contribution in [2.45, 2.75) is 18.3 Å². The Balaban J connectivity index is 1.45. The minimum absolute atomic E-state index is 0.331. The third-order valence-electron chi connectivity index (χ3n) is 8.48. The van der Waals surface area contributed by atoms with E-state index in [1.165, 1.54) is 55.7 Å². The lowest BCUT2D eigenvalue weighted by Gasteiger charge is -2.36. The van der Waals surface area contributed by atoms with Crippen LogP contribution < -0.4 is 0 Å². The third-order valence-corrected chi connectivity index (χ3v) is 8.48. The van der Waals surface area contributed by atoms with Crippen LogP contribution in [0.3, 0.4) is 0 Å². The second kappa shape index (κ2) is 9.57. The first kappa shape index (κ1) is 23.4. The molecular weight excluding hydrogens is 468 g/mol. The van der Waals surface area contributed by atoms with Gasteiger partial charge in [-0.3, -0.25) is 0 Å². The van der Waals surface area contributed by atoms with Crippen molar-refractivity contribution in [2.24, 2.45) is 0 Å². The van der Waals surface area contributed by atoms with Crippen LogP contribution in [-0.4, -0.2) is 0 Å². The molecule has 1 spiro atoms. The van der Waals surface area contributed by atoms with Gasteiger partial charge in [0, 0.05) is 5.92 Å². The molecule has 0 amide bonds. The molecule has 1 unspecified atom stereocenters. The highest BCUT2D eigenvalue weighted by molar-refractivity contribution is 5.89. The molecule has 186 valence electrons. The van der Waals surface area contributed by atoms with Crippen LogP contribution in [0, 0.1) is 0 Å². The highest BCUT2D eigenvalue weighted by Gasteiger charge is 2.47. The Hall–Kier alpha value is -4.68. The molecule has 0 heteroatoms. The molecule has 0 aliphatic heterocycles. The van der Waals surface area contributed by atoms with Gasteiger partial charge in [0.1, 0.15) is 0 Å². The average Bonchev–Trinajstić information content (AvgIpc) is 3.27. The number of rotatable bonds is 3. The quantitative estimate of drug-likeness (QED) is 0.264. The van der Waals surface area contributed by atoms with E-state index in [4.69, 9.17) is 0 Å². The summed E-state index contributed by atoms with van der Waals surface area (Å²) in [4.78, 5) is 0. The largest absolute Gasteiger partial charge is 0.0713 e. The maximum Gasteiger partial charge on any atom is 0.0713 e. The molecule has 0 N–H and O–H groups in total. The van der Waals surface area contributed by atoms with Crippen molar-refractivity contribution < 1.29 is 0 Å². The summed E-state index contributed by atoms with van der Waals surface area (Å²) in [6.07, 6.45) is 22.0. The topological polar surface area (TPSA) is 0 Å². The van der Waals surface area contributed by atoms with Crippen molar-refractivity contribution in [2.75, 3.05) is 0 Å². The molecule has 0 saturated heterocycles. The van der Waals surface area contributed by atoms with Crippen LogP contribution in [0.2, 0.25) is 0 Å². The SMILES string of the molecule is CC(c1ccccc1)c1cccc(-c2ccc3c(c2)C2(C4=C\C=C/C=C\C2=C\C=C/C=C\4)c2ccccc2-3)c1. The Kier molecular flexibility index (Phi) is 5.75. The molecule has 4 aromatic carbocycles. The van der Waals surface area contributed by atoms with Crippen molar-refractivity contribution in [3.8, 4) is 22.3 Å². The van der Waals surface area contributed by atoms with Gasteiger partial charge in [-0.2, -0.15) is 0 Å². The van der Waals surface area contributed by atoms with Gasteiger partial charge in [-0.15, -0.1) is 0 Å². The van der Waals surface area contributed by atoms with Gasteiger partial charge in [0.15, 0.2) is 0 Å². The van der Waals surface area contributed by atoms with E-state index in [0.29, 0.717) is 5.92 Å². The molecule has 4 aromatic rings. The lowest BCUT2D eigenvalue weighted by Crippen LogP contribution is -2.30. The molecule has 0 aromatic heterocycles. The van der Waals surface area contributed by atoms with E-state index in [-0.39, 0.29) is 5.41 Å². The monoisotopic (exact) mass is 498 g/mol. The highest BCUT2D eigenvalue weighted by Crippen LogP contribution is 2.58. The molecule has 39 heavy (non-hydrogen) atoms. The van der Waals surface area contributed by atoms with Gasteiger partial charge < -0.3 is 0 Å². The van der Waals surface area contributed by atoms with Gasteiger partial charge in [-0.1, -0.05) is 159 Å². The first-order valence-corrected chi connectivity index (χ1v) is 13.8. The van der Waals surface area contributed by atoms with E-state index >= 15 is 0 Å². The van der Waals surface area contributed by atoms with Crippen LogP contribution in [0.1, 0.15) is 35.1 Å². The standard InChI is InChI=1S/C39H30/c1-28(29-14-5-2-6-15-29)30-16-13-17-31(26-30)32-24-25-36-35-22-11-12-23-37(35)39(38(36)27-32)33-18-7-3-8-19-34(39)21-10-4-9-20-33/h2-28H,1H3/b7-3-,8-3?,9-4?,10-4-,18-7?,19-8-,20-9-,21-10?,33-18-,33-20?,34-19?,34-21-. The Bertz CT molecular complexity index is 1710. The minimum atomic E-state index is -0.376. The Morgan fingerprint density at radius 1 is 0.487 bits per heavy atom. The predicted octanol–water partition coefficient (Wildman–Crippen LogP) is 9.88. The molecule has 7 rings (SSSR count). The summed E-state index contributed by atoms with van der Waals surface area (Å²) in [5.74, 6) is 0.331. The zero-order valence-corrected chi connectivity index (χ0v) is 22.1. The van der Waals surface area contributed by atoms with Crippen LogP contribution in [0.25, 0.3) is 22.3 Å². The summed E-state index contributed by atoms with van der Waals surface area (Å²) in [6.45, 7) is 2.30. The predicted molar refractivity (Wildman–Crippen MR) is 165 cm³/mol. The average molecular weight is 499 g/mol. The van der Waals surface area contributed by atoms with Crippen LogP contribution in [-0.2, 0) is 5.41 Å². The molecule has 0 saturated carbocycles. The Labute approximate surface area is 231 Å². The fraction of sp³-hybridized carbons (Fsp3) is 0.0769. The highest BCUT2D eigenvalue weighted by atomic mass is 14.5. The van der Waals surface area contributed by atoms with E-state index in [2.05, 4.69) is 165 Å². The molecule has 0 radical (unpaired) electrons. The summed E-state index contributed by atoms with van der Waals surface area (Å²) in [7, 11) is 0. The minimum Gasteiger partial charge on any atom is -0.0622 e. The molecule has 1 atom stereocenters. The van der Waals surface area contributed by atoms with Gasteiger partial charge in [0.05, 0.1) is 5.41 Å². The molecule has 3 aliphatic rings. The van der Waals surface area contributed by atoms with E-state index in [0.717, 1.165) is 0 Å². The molecule has 0 heterocycles. The smallest absolute Gasteiger partial charge is 0.0622 e. The number of hydrogen-bond acceptors (Lipinski definition) is 0. The van der Waals surface area contributed by atoms with Crippen LogP contribution in [0.15, 0.2) is 169 Å². The summed E-state index contributed by atoms with van der Waals surface area (Å²) >= 11 is 0. The molecular formula is C39H30. The normalized spacial score (nSPS) is 25.3. The van der Waals surface area contributed by atoms with Gasteiger partial charge in [0.2, 0.25) is 0 Å². The van der Waals surface area contributed by atoms with Crippen LogP contribution in [0.4, 0.5) is 0 Å². The molecule has 2 bridgehead atoms. The lowest BCUT2D eigenvalue weighted by molar-refractivity contribution is 0.764. The van der Waals surface area contributed by atoms with Gasteiger partial charge >= 0.3 is 0 Å². The zero-order valence-electron chi connectivity index (χ0n) is 22.1. The van der Waals surface area contributed by atoms with Crippen molar-refractivity contribution in [3.05, 3.63) is 191 Å². The van der Waals surface area contributed by atoms with Crippen LogP contribution >= 0.6 is 0 Å². The first-order chi connectivity index (χ1) is 19.3. The fourth-order valence-electron chi connectivity index (χ4n) is 6.55. The second-order valence-corrected chi connectivity index (χ2v) is 10.5. The maximum absolute atomic E-state index is 2.45. The number of allylic oxidation sites excluding steroid dienone is 12. The number of fused-ring (bicyclic) bond motifs is 3. The third kappa shape index (κ3) is 3.75. The Morgan fingerprint density at radius 2 is 1.13 bits per heavy atom. The van der Waals surface area contributed by atoms with E-state index in [9.17, 15) is 0 Å². The van der Waals surface area contributed by atoms with Gasteiger partial charge in [0.25, 0.3) is 0 Å². The summed E-state index contributed by atoms with van der Waals surface area (Å²) < 4.78 is 0. The van der Waals surface area contributed by atoms with Crippen molar-refractivity contribution in [1.82, 2.24) is 0 Å². The molecule has 3 aliphatic carbocycles. The zero-order chi connectivity index (χ0) is 26.2. The van der Waals surface area contributed by atoms with Gasteiger partial charge in [-0.25, -0.2) is 0 Å². The summed E-state index contributed by atoms with van der Waals surface area (Å²) in [5, 5.41) is 0. The lowest BCUT2D eigenvalue weighted by atomic mass is 9.65. The van der Waals surface area contributed by atoms with E-state index in [1.807, 2.05) is 0 Å². The van der Waals surface area contributed by atoms with Crippen molar-refractivity contribution >= 4 is 0 Å². The maximum atomic E-state index is 2.45. The van der Waals surface area contributed by atoms with Crippen LogP contribution in [0.5, 0.6) is 0 Å². The Morgan fingerprint density at radius 3 is 1.90 bits per heavy atom. The molecule has 0 fully saturated rings. The van der Waals surface area contributed by atoms with Gasteiger partial charge in [-0.05, 0) is 61.7 Å². The molecule has 0 nitrogen and oxygen atoms in total. The number of benzene rings is 4. The number of hydrogen-bond donors (Lipinski definition) is 0. The van der Waals surface area contributed by atoms with E-state index < -0.39 is 0 Å². The summed E-state index contributed by atoms with van der Waals surface area (Å²) in [5.41, 5.74) is 12.7. The fourth-order valence-corrected chi connectivity index (χ4v) is 6.55. The van der Waals surface area contributed by atoms with E-state index in [1.54, 1.807) is 0 Å². The second-order valence-electron chi connectivity index (χ2n) is 10.5. The summed E-state index contributed by atoms with van der Waals surface area (Å²) in [6, 6.07) is 35.9. The first-order valence-electron chi connectivity index (χ1n) is 13.8. The van der Waals surface area contributed by atoms with Crippen molar-refractivity contribution in [1.29, 1.82) is 0 Å².